The normalized spacial score (nSPS) is 16.9. The molecule has 206 valence electrons. The van der Waals surface area contributed by atoms with E-state index in [0.29, 0.717) is 43.2 Å². The lowest BCUT2D eigenvalue weighted by molar-refractivity contribution is -0.143. The van der Waals surface area contributed by atoms with Crippen LogP contribution >= 0.6 is 0 Å². The van der Waals surface area contributed by atoms with Crippen molar-refractivity contribution >= 4 is 5.65 Å². The molecule has 0 radical (unpaired) electrons. The molecule has 1 aliphatic rings. The van der Waals surface area contributed by atoms with Gasteiger partial charge in [-0.05, 0) is 26.0 Å². The number of rotatable bonds is 6. The molecule has 1 unspecified atom stereocenters. The predicted molar refractivity (Wildman–Crippen MR) is 135 cm³/mol. The van der Waals surface area contributed by atoms with E-state index in [-0.39, 0.29) is 34.3 Å². The first kappa shape index (κ1) is 27.0. The van der Waals surface area contributed by atoms with Crippen LogP contribution in [0.4, 0.5) is 17.6 Å². The summed E-state index contributed by atoms with van der Waals surface area (Å²) in [4.78, 5) is 12.5. The number of piperazine rings is 1. The molecule has 2 atom stereocenters. The first-order valence-electron chi connectivity index (χ1n) is 12.5. The van der Waals surface area contributed by atoms with Crippen LogP contribution in [0.1, 0.15) is 41.6 Å². The van der Waals surface area contributed by atoms with Gasteiger partial charge >= 0.3 is 6.18 Å². The molecule has 0 aliphatic carbocycles. The Morgan fingerprint density at radius 1 is 0.974 bits per heavy atom. The van der Waals surface area contributed by atoms with Crippen molar-refractivity contribution in [2.75, 3.05) is 33.3 Å². The molecule has 3 aromatic heterocycles. The average Bonchev–Trinajstić information content (AvgIpc) is 3.34. The van der Waals surface area contributed by atoms with E-state index in [9.17, 15) is 22.7 Å². The summed E-state index contributed by atoms with van der Waals surface area (Å²) in [7, 11) is 1.44. The van der Waals surface area contributed by atoms with E-state index in [1.54, 1.807) is 35.2 Å². The summed E-state index contributed by atoms with van der Waals surface area (Å²) in [5, 5.41) is 15.2. The fourth-order valence-electron chi connectivity index (χ4n) is 5.10. The molecular weight excluding hydrogens is 516 g/mol. The van der Waals surface area contributed by atoms with E-state index in [1.165, 1.54) is 32.5 Å². The maximum absolute atomic E-state index is 14.3. The third kappa shape index (κ3) is 5.07. The molecule has 0 saturated carbocycles. The minimum atomic E-state index is -4.72. The third-order valence-electron chi connectivity index (χ3n) is 7.27. The van der Waals surface area contributed by atoms with Gasteiger partial charge in [0, 0.05) is 61.2 Å². The topological polar surface area (TPSA) is 79.0 Å². The van der Waals surface area contributed by atoms with Gasteiger partial charge < -0.3 is 9.84 Å². The molecule has 1 aromatic carbocycles. The number of aliphatic hydroxyl groups is 1. The summed E-state index contributed by atoms with van der Waals surface area (Å²) in [5.41, 5.74) is 0.0458. The van der Waals surface area contributed by atoms with Gasteiger partial charge in [0.1, 0.15) is 12.0 Å². The van der Waals surface area contributed by atoms with Crippen molar-refractivity contribution in [3.8, 4) is 17.1 Å². The molecule has 39 heavy (non-hydrogen) atoms. The summed E-state index contributed by atoms with van der Waals surface area (Å²) in [6, 6.07) is 9.58. The van der Waals surface area contributed by atoms with Crippen LogP contribution in [0.2, 0.25) is 0 Å². The average molecular weight is 545 g/mol. The SMILES string of the molecule is COc1ccc(-c2nc3c(C(O)N4CCN([C@H](C)c5ccccc5F)CC4)cnn3c(C(F)(F)F)c2C)cn1. The Morgan fingerprint density at radius 3 is 2.28 bits per heavy atom. The number of pyridine rings is 1. The van der Waals surface area contributed by atoms with Gasteiger partial charge in [0.2, 0.25) is 5.88 Å². The van der Waals surface area contributed by atoms with Gasteiger partial charge in [-0.15, -0.1) is 0 Å². The van der Waals surface area contributed by atoms with E-state index >= 15 is 0 Å². The fourth-order valence-corrected chi connectivity index (χ4v) is 5.10. The van der Waals surface area contributed by atoms with Crippen LogP contribution in [-0.4, -0.2) is 67.8 Å². The van der Waals surface area contributed by atoms with Crippen LogP contribution in [0.5, 0.6) is 5.88 Å². The third-order valence-corrected chi connectivity index (χ3v) is 7.27. The number of ether oxygens (including phenoxy) is 1. The van der Waals surface area contributed by atoms with Gasteiger partial charge in [-0.2, -0.15) is 18.3 Å². The van der Waals surface area contributed by atoms with Gasteiger partial charge in [-0.3, -0.25) is 9.80 Å². The molecule has 4 heterocycles. The largest absolute Gasteiger partial charge is 0.481 e. The van der Waals surface area contributed by atoms with Crippen LogP contribution < -0.4 is 4.74 Å². The molecule has 8 nitrogen and oxygen atoms in total. The standard InChI is InChI=1S/C27H28F4N6O2/c1-16-23(18-8-9-22(39-3)32-14-18)34-25-20(15-33-37(25)24(16)27(29,30)31)26(38)36-12-10-35(11-13-36)17(2)19-6-4-5-7-21(19)28/h4-9,14-15,17,26,38H,10-13H2,1-3H3/t17-,26?/m1/s1. The van der Waals surface area contributed by atoms with Crippen molar-refractivity contribution in [2.45, 2.75) is 32.3 Å². The number of benzene rings is 1. The van der Waals surface area contributed by atoms with Crippen LogP contribution in [0.3, 0.4) is 0 Å². The number of methoxy groups -OCH3 is 1. The number of aromatic nitrogens is 4. The highest BCUT2D eigenvalue weighted by atomic mass is 19.4. The number of fused-ring (bicyclic) bond motifs is 1. The number of hydrogen-bond donors (Lipinski definition) is 1. The molecule has 4 aromatic rings. The second-order valence-electron chi connectivity index (χ2n) is 9.50. The van der Waals surface area contributed by atoms with E-state index in [0.717, 1.165) is 4.52 Å². The van der Waals surface area contributed by atoms with Gasteiger partial charge in [0.25, 0.3) is 0 Å². The molecular formula is C27H28F4N6O2. The molecule has 0 bridgehead atoms. The second kappa shape index (κ2) is 10.5. The van der Waals surface area contributed by atoms with Crippen LogP contribution in [0, 0.1) is 12.7 Å². The van der Waals surface area contributed by atoms with E-state index in [2.05, 4.69) is 20.0 Å². The molecule has 1 saturated heterocycles. The molecule has 1 aliphatic heterocycles. The van der Waals surface area contributed by atoms with Gasteiger partial charge in [0.05, 0.1) is 24.6 Å². The summed E-state index contributed by atoms with van der Waals surface area (Å²) in [6.07, 6.45) is -3.33. The molecule has 5 rings (SSSR count). The Labute approximate surface area is 222 Å². The lowest BCUT2D eigenvalue weighted by Gasteiger charge is -2.39. The molecule has 0 amide bonds. The van der Waals surface area contributed by atoms with Crippen LogP contribution in [0.25, 0.3) is 16.9 Å². The van der Waals surface area contributed by atoms with Crippen LogP contribution in [0.15, 0.2) is 48.8 Å². The number of alkyl halides is 3. The minimum Gasteiger partial charge on any atom is -0.481 e. The van der Waals surface area contributed by atoms with Crippen molar-refractivity contribution in [2.24, 2.45) is 0 Å². The molecule has 0 spiro atoms. The van der Waals surface area contributed by atoms with Crippen molar-refractivity contribution in [3.63, 3.8) is 0 Å². The Bertz CT molecular complexity index is 1470. The predicted octanol–water partition coefficient (Wildman–Crippen LogP) is 4.64. The van der Waals surface area contributed by atoms with Gasteiger partial charge in [0.15, 0.2) is 11.3 Å². The maximum Gasteiger partial charge on any atom is 0.433 e. The highest BCUT2D eigenvalue weighted by Gasteiger charge is 2.39. The molecule has 1 N–H and O–H groups in total. The smallest absolute Gasteiger partial charge is 0.433 e. The zero-order valence-corrected chi connectivity index (χ0v) is 21.7. The Balaban J connectivity index is 1.45. The summed E-state index contributed by atoms with van der Waals surface area (Å²) >= 11 is 0. The van der Waals surface area contributed by atoms with Crippen molar-refractivity contribution < 1.29 is 27.4 Å². The fraction of sp³-hybridized carbons (Fsp3) is 0.370. The summed E-state index contributed by atoms with van der Waals surface area (Å²) < 4.78 is 62.7. The number of hydrogen-bond acceptors (Lipinski definition) is 7. The maximum atomic E-state index is 14.3. The summed E-state index contributed by atoms with van der Waals surface area (Å²) in [5.74, 6) is 0.0426. The van der Waals surface area contributed by atoms with Crippen molar-refractivity contribution in [3.05, 3.63) is 77.0 Å². The zero-order valence-electron chi connectivity index (χ0n) is 21.7. The molecule has 1 fully saturated rings. The van der Waals surface area contributed by atoms with Crippen molar-refractivity contribution in [1.29, 1.82) is 0 Å². The first-order chi connectivity index (χ1) is 18.6. The summed E-state index contributed by atoms with van der Waals surface area (Å²) in [6.45, 7) is 5.18. The number of aliphatic hydroxyl groups excluding tert-OH is 1. The zero-order chi connectivity index (χ0) is 27.9. The van der Waals surface area contributed by atoms with Crippen molar-refractivity contribution in [1.82, 2.24) is 29.4 Å². The number of nitrogens with zero attached hydrogens (tertiary/aromatic N) is 6. The Morgan fingerprint density at radius 2 is 1.67 bits per heavy atom. The van der Waals surface area contributed by atoms with E-state index in [4.69, 9.17) is 4.74 Å². The lowest BCUT2D eigenvalue weighted by Crippen LogP contribution is -2.48. The van der Waals surface area contributed by atoms with Gasteiger partial charge in [-0.1, -0.05) is 18.2 Å². The lowest BCUT2D eigenvalue weighted by atomic mass is 10.1. The monoisotopic (exact) mass is 544 g/mol. The van der Waals surface area contributed by atoms with Gasteiger partial charge in [-0.25, -0.2) is 18.9 Å². The highest BCUT2D eigenvalue weighted by molar-refractivity contribution is 5.67. The Kier molecular flexibility index (Phi) is 7.27. The van der Waals surface area contributed by atoms with E-state index in [1.807, 2.05) is 6.92 Å². The highest BCUT2D eigenvalue weighted by Crippen LogP contribution is 2.37. The molecule has 12 heteroatoms. The number of halogens is 4. The van der Waals surface area contributed by atoms with E-state index < -0.39 is 18.1 Å². The minimum absolute atomic E-state index is 0.0856. The quantitative estimate of drug-likeness (QED) is 0.355. The first-order valence-corrected chi connectivity index (χ1v) is 12.5. The Hall–Kier alpha value is -3.61. The van der Waals surface area contributed by atoms with Crippen LogP contribution in [-0.2, 0) is 6.18 Å². The second-order valence-corrected chi connectivity index (χ2v) is 9.50.